The van der Waals surface area contributed by atoms with Crippen LogP contribution in [0.2, 0.25) is 0 Å². The predicted molar refractivity (Wildman–Crippen MR) is 128 cm³/mol. The number of hydrogen-bond donors (Lipinski definition) is 1. The molecule has 1 saturated heterocycles. The molecule has 0 aliphatic carbocycles. The molecule has 1 aliphatic rings. The molecule has 0 aromatic heterocycles. The van der Waals surface area contributed by atoms with Gasteiger partial charge in [-0.05, 0) is 60.0 Å². The number of allylic oxidation sites excluding steroid dienone is 1. The zero-order chi connectivity index (χ0) is 22.4. The second-order valence-corrected chi connectivity index (χ2v) is 8.14. The number of nitrogens with zero attached hydrogens (tertiary/aromatic N) is 1. The topological polar surface area (TPSA) is 50.8 Å². The van der Waals surface area contributed by atoms with Crippen molar-refractivity contribution in [1.29, 1.82) is 0 Å². The normalized spacial score (nSPS) is 14.8. The van der Waals surface area contributed by atoms with E-state index in [-0.39, 0.29) is 5.91 Å². The number of carbonyl (C=O) groups is 1. The van der Waals surface area contributed by atoms with Gasteiger partial charge in [-0.15, -0.1) is 6.58 Å². The predicted octanol–water partition coefficient (Wildman–Crippen LogP) is 4.72. The van der Waals surface area contributed by atoms with E-state index in [2.05, 4.69) is 25.7 Å². The minimum Gasteiger partial charge on any atom is -0.496 e. The third kappa shape index (κ3) is 5.52. The number of carbonyl (C=O) groups excluding carboxylic acids is 1. The molecule has 0 spiro atoms. The van der Waals surface area contributed by atoms with Gasteiger partial charge in [0, 0.05) is 12.1 Å². The van der Waals surface area contributed by atoms with E-state index in [9.17, 15) is 4.79 Å². The highest BCUT2D eigenvalue weighted by atomic mass is 32.1. The molecule has 31 heavy (non-hydrogen) atoms. The lowest BCUT2D eigenvalue weighted by atomic mass is 10.1. The molecular weight excluding hydrogens is 408 g/mol. The molecule has 5 nitrogen and oxygen atoms in total. The molecule has 2 aromatic carbocycles. The number of benzene rings is 2. The lowest BCUT2D eigenvalue weighted by molar-refractivity contribution is -0.122. The quantitative estimate of drug-likeness (QED) is 0.350. The van der Waals surface area contributed by atoms with Gasteiger partial charge in [-0.25, -0.2) is 0 Å². The summed E-state index contributed by atoms with van der Waals surface area (Å²) in [5.41, 5.74) is 3.30. The van der Waals surface area contributed by atoms with Crippen LogP contribution < -0.4 is 14.8 Å². The molecule has 0 bridgehead atoms. The van der Waals surface area contributed by atoms with Crippen LogP contribution in [-0.2, 0) is 17.8 Å². The minimum atomic E-state index is -0.106. The van der Waals surface area contributed by atoms with Crippen LogP contribution in [0.3, 0.4) is 0 Å². The first-order valence-corrected chi connectivity index (χ1v) is 10.7. The molecule has 0 atom stereocenters. The fourth-order valence-corrected chi connectivity index (χ4v) is 3.66. The largest absolute Gasteiger partial charge is 0.496 e. The number of para-hydroxylation sites is 1. The molecule has 162 valence electrons. The highest BCUT2D eigenvalue weighted by molar-refractivity contribution is 7.80. The van der Waals surface area contributed by atoms with Crippen LogP contribution in [0.25, 0.3) is 6.08 Å². The van der Waals surface area contributed by atoms with Gasteiger partial charge >= 0.3 is 0 Å². The molecule has 0 unspecified atom stereocenters. The van der Waals surface area contributed by atoms with Crippen molar-refractivity contribution >= 4 is 29.3 Å². The third-order valence-electron chi connectivity index (χ3n) is 4.85. The van der Waals surface area contributed by atoms with Crippen LogP contribution in [0, 0.1) is 5.92 Å². The van der Waals surface area contributed by atoms with Gasteiger partial charge in [0.05, 0.1) is 7.11 Å². The zero-order valence-electron chi connectivity index (χ0n) is 18.2. The molecule has 1 heterocycles. The molecule has 3 rings (SSSR count). The monoisotopic (exact) mass is 436 g/mol. The first-order chi connectivity index (χ1) is 14.9. The fourth-order valence-electron chi connectivity index (χ4n) is 3.39. The first-order valence-electron chi connectivity index (χ1n) is 10.3. The van der Waals surface area contributed by atoms with Crippen molar-refractivity contribution in [3.63, 3.8) is 0 Å². The van der Waals surface area contributed by atoms with Crippen molar-refractivity contribution in [2.45, 2.75) is 26.9 Å². The summed E-state index contributed by atoms with van der Waals surface area (Å²) in [4.78, 5) is 14.3. The van der Waals surface area contributed by atoms with Gasteiger partial charge in [0.1, 0.15) is 23.8 Å². The van der Waals surface area contributed by atoms with Gasteiger partial charge < -0.3 is 14.8 Å². The van der Waals surface area contributed by atoms with E-state index in [0.29, 0.717) is 29.9 Å². The van der Waals surface area contributed by atoms with Crippen molar-refractivity contribution < 1.29 is 14.3 Å². The zero-order valence-corrected chi connectivity index (χ0v) is 19.0. The van der Waals surface area contributed by atoms with Crippen molar-refractivity contribution in [3.8, 4) is 11.5 Å². The number of rotatable bonds is 9. The van der Waals surface area contributed by atoms with Crippen molar-refractivity contribution in [1.82, 2.24) is 10.2 Å². The number of hydrogen-bond acceptors (Lipinski definition) is 4. The SMILES string of the molecule is C=CCc1ccccc1OCc1cc(/C=C2/NC(=S)N(CC(C)C)C2=O)ccc1OC. The Morgan fingerprint density at radius 2 is 1.94 bits per heavy atom. The van der Waals surface area contributed by atoms with E-state index in [4.69, 9.17) is 21.7 Å². The molecule has 6 heteroatoms. The van der Waals surface area contributed by atoms with Crippen molar-refractivity contribution in [2.24, 2.45) is 5.92 Å². The number of methoxy groups -OCH3 is 1. The van der Waals surface area contributed by atoms with Gasteiger partial charge in [0.25, 0.3) is 5.91 Å². The smallest absolute Gasteiger partial charge is 0.276 e. The Morgan fingerprint density at radius 3 is 2.65 bits per heavy atom. The molecule has 0 saturated carbocycles. The number of amides is 1. The second kappa shape index (κ2) is 10.3. The Labute approximate surface area is 189 Å². The average Bonchev–Trinajstić information content (AvgIpc) is 3.00. The molecule has 1 N–H and O–H groups in total. The van der Waals surface area contributed by atoms with Gasteiger partial charge in [-0.3, -0.25) is 9.69 Å². The summed E-state index contributed by atoms with van der Waals surface area (Å²) in [5.74, 6) is 1.77. The Bertz CT molecular complexity index is 1010. The van der Waals surface area contributed by atoms with Crippen LogP contribution in [0.5, 0.6) is 11.5 Å². The maximum Gasteiger partial charge on any atom is 0.276 e. The first kappa shape index (κ1) is 22.6. The van der Waals surface area contributed by atoms with Gasteiger partial charge in [0.2, 0.25) is 0 Å². The highest BCUT2D eigenvalue weighted by Gasteiger charge is 2.30. The second-order valence-electron chi connectivity index (χ2n) is 7.76. The number of thiocarbonyl (C=S) groups is 1. The van der Waals surface area contributed by atoms with E-state index in [0.717, 1.165) is 34.6 Å². The number of ether oxygens (including phenoxy) is 2. The molecule has 0 radical (unpaired) electrons. The third-order valence-corrected chi connectivity index (χ3v) is 5.17. The van der Waals surface area contributed by atoms with E-state index in [1.54, 1.807) is 12.0 Å². The Balaban J connectivity index is 1.81. The van der Waals surface area contributed by atoms with Gasteiger partial charge in [-0.2, -0.15) is 0 Å². The van der Waals surface area contributed by atoms with Crippen molar-refractivity contribution in [3.05, 3.63) is 77.5 Å². The highest BCUT2D eigenvalue weighted by Crippen LogP contribution is 2.26. The lowest BCUT2D eigenvalue weighted by Crippen LogP contribution is -2.33. The van der Waals surface area contributed by atoms with Crippen LogP contribution in [0.4, 0.5) is 0 Å². The lowest BCUT2D eigenvalue weighted by Gasteiger charge is -2.16. The molecule has 1 aliphatic heterocycles. The van der Waals surface area contributed by atoms with Crippen LogP contribution in [0.15, 0.2) is 60.8 Å². The van der Waals surface area contributed by atoms with Gasteiger partial charge in [-0.1, -0.05) is 44.2 Å². The molecular formula is C25H28N2O3S. The minimum absolute atomic E-state index is 0.106. The Kier molecular flexibility index (Phi) is 7.47. The summed E-state index contributed by atoms with van der Waals surface area (Å²) in [5, 5.41) is 3.48. The number of nitrogens with one attached hydrogen (secondary N) is 1. The summed E-state index contributed by atoms with van der Waals surface area (Å²) in [6, 6.07) is 13.7. The summed E-state index contributed by atoms with van der Waals surface area (Å²) < 4.78 is 11.6. The molecule has 2 aromatic rings. The van der Waals surface area contributed by atoms with Crippen LogP contribution >= 0.6 is 12.2 Å². The van der Waals surface area contributed by atoms with Gasteiger partial charge in [0.15, 0.2) is 5.11 Å². The van der Waals surface area contributed by atoms with E-state index >= 15 is 0 Å². The maximum absolute atomic E-state index is 12.7. The molecule has 1 fully saturated rings. The summed E-state index contributed by atoms with van der Waals surface area (Å²) >= 11 is 5.33. The van der Waals surface area contributed by atoms with E-state index in [1.165, 1.54) is 0 Å². The summed E-state index contributed by atoms with van der Waals surface area (Å²) in [6.45, 7) is 8.85. The maximum atomic E-state index is 12.7. The average molecular weight is 437 g/mol. The van der Waals surface area contributed by atoms with Crippen molar-refractivity contribution in [2.75, 3.05) is 13.7 Å². The summed E-state index contributed by atoms with van der Waals surface area (Å²) in [7, 11) is 1.63. The summed E-state index contributed by atoms with van der Waals surface area (Å²) in [6.07, 6.45) is 4.40. The Hall–Kier alpha value is -3.12. The van der Waals surface area contributed by atoms with E-state index < -0.39 is 0 Å². The fraction of sp³-hybridized carbons (Fsp3) is 0.280. The van der Waals surface area contributed by atoms with Crippen LogP contribution in [0.1, 0.15) is 30.5 Å². The molecule has 1 amide bonds. The van der Waals surface area contributed by atoms with E-state index in [1.807, 2.05) is 54.6 Å². The van der Waals surface area contributed by atoms with Crippen LogP contribution in [-0.4, -0.2) is 29.6 Å². The Morgan fingerprint density at radius 1 is 1.16 bits per heavy atom. The standard InChI is InChI=1S/C25H28N2O3S/c1-5-8-19-9-6-7-10-23(19)30-16-20-13-18(11-12-22(20)29-4)14-21-24(28)27(15-17(2)3)25(31)26-21/h5-7,9-14,17H,1,8,15-16H2,2-4H3,(H,26,31)/b21-14+.